The van der Waals surface area contributed by atoms with Gasteiger partial charge >= 0.3 is 11.7 Å². The Morgan fingerprint density at radius 2 is 1.75 bits per heavy atom. The van der Waals surface area contributed by atoms with E-state index in [4.69, 9.17) is 10.5 Å². The Morgan fingerprint density at radius 3 is 2.36 bits per heavy atom. The molecular formula is C25H26N4O6S. The summed E-state index contributed by atoms with van der Waals surface area (Å²) >= 11 is 1.41. The summed E-state index contributed by atoms with van der Waals surface area (Å²) < 4.78 is 7.24. The normalized spacial score (nSPS) is 18.3. The number of aryl methyl sites for hydroxylation is 1. The number of aromatic nitrogens is 2. The minimum Gasteiger partial charge on any atom is -0.454 e. The molecule has 11 heteroatoms. The SMILES string of the molecule is Cc1ccc(N2C(=O)C[C@H](C(=O)O[C@H](C)C(=O)c3c(N)n(C)c(=O)n(C)c3=O)[C@H]2c2cccs2)cc1. The van der Waals surface area contributed by atoms with E-state index in [9.17, 15) is 24.0 Å². The largest absolute Gasteiger partial charge is 0.454 e. The monoisotopic (exact) mass is 510 g/mol. The van der Waals surface area contributed by atoms with E-state index in [1.165, 1.54) is 32.4 Å². The van der Waals surface area contributed by atoms with E-state index in [0.717, 1.165) is 19.6 Å². The van der Waals surface area contributed by atoms with Crippen LogP contribution in [0.25, 0.3) is 0 Å². The molecule has 0 saturated carbocycles. The quantitative estimate of drug-likeness (QED) is 0.396. The standard InChI is InChI=1S/C25H26N4O6S/c1-13-7-9-15(10-8-13)29-18(30)12-16(20(29)17-6-5-11-36-17)24(33)35-14(2)21(31)19-22(26)27(3)25(34)28(4)23(19)32/h5-11,14,16,20H,12,26H2,1-4H3/t14-,16+,20+/m1/s1. The number of carbonyl (C=O) groups excluding carboxylic acids is 3. The first-order valence-corrected chi connectivity index (χ1v) is 12.1. The molecule has 1 aliphatic heterocycles. The van der Waals surface area contributed by atoms with E-state index in [2.05, 4.69) is 0 Å². The zero-order chi connectivity index (χ0) is 26.3. The van der Waals surface area contributed by atoms with Crippen LogP contribution in [0.4, 0.5) is 11.5 Å². The van der Waals surface area contributed by atoms with Crippen LogP contribution in [0.5, 0.6) is 0 Å². The van der Waals surface area contributed by atoms with Crippen molar-refractivity contribution >= 4 is 40.5 Å². The molecule has 0 aliphatic carbocycles. The number of Topliss-reactive ketones (excluding diaryl/α,β-unsaturated/α-hetero) is 1. The average molecular weight is 511 g/mol. The van der Waals surface area contributed by atoms with Crippen molar-refractivity contribution in [2.45, 2.75) is 32.4 Å². The topological polar surface area (TPSA) is 134 Å². The van der Waals surface area contributed by atoms with Crippen molar-refractivity contribution in [2.24, 2.45) is 20.0 Å². The maximum atomic E-state index is 13.3. The number of hydrogen-bond donors (Lipinski definition) is 1. The lowest BCUT2D eigenvalue weighted by Crippen LogP contribution is -2.43. The predicted octanol–water partition coefficient (Wildman–Crippen LogP) is 1.94. The summed E-state index contributed by atoms with van der Waals surface area (Å²) in [6.45, 7) is 3.27. The lowest BCUT2D eigenvalue weighted by molar-refractivity contribution is -0.151. The fourth-order valence-corrected chi connectivity index (χ4v) is 5.23. The number of carbonyl (C=O) groups is 3. The second-order valence-electron chi connectivity index (χ2n) is 8.78. The maximum Gasteiger partial charge on any atom is 0.332 e. The lowest BCUT2D eigenvalue weighted by Gasteiger charge is -2.27. The maximum absolute atomic E-state index is 13.3. The van der Waals surface area contributed by atoms with Crippen molar-refractivity contribution in [3.8, 4) is 0 Å². The number of rotatable bonds is 6. The van der Waals surface area contributed by atoms with Gasteiger partial charge in [-0.1, -0.05) is 23.8 Å². The third-order valence-corrected chi connectivity index (χ3v) is 7.33. The number of ketones is 1. The van der Waals surface area contributed by atoms with Gasteiger partial charge in [-0.3, -0.25) is 28.3 Å². The van der Waals surface area contributed by atoms with E-state index in [1.807, 2.05) is 48.7 Å². The molecular weight excluding hydrogens is 484 g/mol. The predicted molar refractivity (Wildman–Crippen MR) is 135 cm³/mol. The van der Waals surface area contributed by atoms with Crippen molar-refractivity contribution in [3.05, 3.63) is 78.6 Å². The van der Waals surface area contributed by atoms with E-state index in [0.29, 0.717) is 5.69 Å². The van der Waals surface area contributed by atoms with Crippen LogP contribution in [0.1, 0.15) is 40.2 Å². The highest BCUT2D eigenvalue weighted by molar-refractivity contribution is 7.10. The first-order chi connectivity index (χ1) is 17.0. The zero-order valence-electron chi connectivity index (χ0n) is 20.3. The molecule has 0 spiro atoms. The number of nitrogen functional groups attached to an aromatic ring is 1. The van der Waals surface area contributed by atoms with Crippen LogP contribution in [0.15, 0.2) is 51.4 Å². The van der Waals surface area contributed by atoms with Crippen molar-refractivity contribution in [2.75, 3.05) is 10.6 Å². The summed E-state index contributed by atoms with van der Waals surface area (Å²) in [6.07, 6.45) is -1.46. The Balaban J connectivity index is 1.64. The number of hydrogen-bond acceptors (Lipinski definition) is 8. The van der Waals surface area contributed by atoms with Crippen LogP contribution in [0.2, 0.25) is 0 Å². The van der Waals surface area contributed by atoms with Gasteiger partial charge < -0.3 is 15.4 Å². The number of thiophene rings is 1. The number of nitrogens with zero attached hydrogens (tertiary/aromatic N) is 3. The molecule has 4 rings (SSSR count). The lowest BCUT2D eigenvalue weighted by atomic mass is 9.98. The molecule has 3 heterocycles. The molecule has 2 aromatic heterocycles. The summed E-state index contributed by atoms with van der Waals surface area (Å²) in [4.78, 5) is 66.5. The van der Waals surface area contributed by atoms with Gasteiger partial charge in [-0.15, -0.1) is 11.3 Å². The van der Waals surface area contributed by atoms with Gasteiger partial charge in [-0.25, -0.2) is 4.79 Å². The Labute approximate surface area is 210 Å². The molecule has 2 N–H and O–H groups in total. The molecule has 1 aliphatic rings. The van der Waals surface area contributed by atoms with Crippen LogP contribution in [0, 0.1) is 12.8 Å². The highest BCUT2D eigenvalue weighted by Gasteiger charge is 2.47. The van der Waals surface area contributed by atoms with E-state index >= 15 is 0 Å². The zero-order valence-corrected chi connectivity index (χ0v) is 21.1. The number of benzene rings is 1. The Hall–Kier alpha value is -3.99. The number of anilines is 2. The van der Waals surface area contributed by atoms with Gasteiger partial charge in [0.25, 0.3) is 5.56 Å². The number of ether oxygens (including phenoxy) is 1. The number of nitrogens with two attached hydrogens (primary N) is 1. The van der Waals surface area contributed by atoms with Gasteiger partial charge in [-0.05, 0) is 37.4 Å². The van der Waals surface area contributed by atoms with Gasteiger partial charge in [0.15, 0.2) is 6.10 Å². The van der Waals surface area contributed by atoms with Crippen LogP contribution < -0.4 is 21.9 Å². The molecule has 1 amide bonds. The van der Waals surface area contributed by atoms with Gasteiger partial charge in [0.1, 0.15) is 11.4 Å². The molecule has 0 unspecified atom stereocenters. The fourth-order valence-electron chi connectivity index (χ4n) is 4.35. The van der Waals surface area contributed by atoms with Crippen LogP contribution in [-0.2, 0) is 28.4 Å². The average Bonchev–Trinajstić information content (AvgIpc) is 3.50. The molecule has 0 bridgehead atoms. The second-order valence-corrected chi connectivity index (χ2v) is 9.76. The second kappa shape index (κ2) is 9.57. The van der Waals surface area contributed by atoms with E-state index < -0.39 is 46.6 Å². The van der Waals surface area contributed by atoms with Crippen molar-refractivity contribution < 1.29 is 19.1 Å². The Bertz CT molecular complexity index is 1460. The summed E-state index contributed by atoms with van der Waals surface area (Å²) in [5.41, 5.74) is 5.58. The third kappa shape index (κ3) is 4.26. The molecule has 1 fully saturated rings. The minimum atomic E-state index is -1.36. The summed E-state index contributed by atoms with van der Waals surface area (Å²) in [5.74, 6) is -2.99. The van der Waals surface area contributed by atoms with Crippen LogP contribution >= 0.6 is 11.3 Å². The molecule has 36 heavy (non-hydrogen) atoms. The summed E-state index contributed by atoms with van der Waals surface area (Å²) in [6, 6.07) is 10.5. The number of esters is 1. The van der Waals surface area contributed by atoms with Crippen LogP contribution in [0.3, 0.4) is 0 Å². The molecule has 1 aromatic carbocycles. The molecule has 3 atom stereocenters. The van der Waals surface area contributed by atoms with Crippen LogP contribution in [-0.4, -0.2) is 32.9 Å². The fraction of sp³-hybridized carbons (Fsp3) is 0.320. The van der Waals surface area contributed by atoms with E-state index in [1.54, 1.807) is 4.90 Å². The third-order valence-electron chi connectivity index (χ3n) is 6.39. The van der Waals surface area contributed by atoms with E-state index in [-0.39, 0.29) is 18.1 Å². The van der Waals surface area contributed by atoms with Crippen molar-refractivity contribution in [1.82, 2.24) is 9.13 Å². The Kier molecular flexibility index (Phi) is 6.68. The van der Waals surface area contributed by atoms with Gasteiger partial charge in [0.05, 0.1) is 12.0 Å². The highest BCUT2D eigenvalue weighted by atomic mass is 32.1. The van der Waals surface area contributed by atoms with Gasteiger partial charge in [-0.2, -0.15) is 0 Å². The first-order valence-electron chi connectivity index (χ1n) is 11.2. The highest BCUT2D eigenvalue weighted by Crippen LogP contribution is 2.43. The van der Waals surface area contributed by atoms with Crippen molar-refractivity contribution in [3.63, 3.8) is 0 Å². The smallest absolute Gasteiger partial charge is 0.332 e. The molecule has 0 radical (unpaired) electrons. The molecule has 188 valence electrons. The van der Waals surface area contributed by atoms with Crippen molar-refractivity contribution in [1.29, 1.82) is 0 Å². The minimum absolute atomic E-state index is 0.0973. The molecule has 3 aromatic rings. The summed E-state index contributed by atoms with van der Waals surface area (Å²) in [7, 11) is 2.56. The number of amides is 1. The summed E-state index contributed by atoms with van der Waals surface area (Å²) in [5, 5.41) is 1.86. The van der Waals surface area contributed by atoms with Gasteiger partial charge in [0, 0.05) is 31.1 Å². The molecule has 1 saturated heterocycles. The first kappa shape index (κ1) is 25.1. The van der Waals surface area contributed by atoms with Gasteiger partial charge in [0.2, 0.25) is 11.7 Å². The molecule has 10 nitrogen and oxygen atoms in total. The Morgan fingerprint density at radius 1 is 1.08 bits per heavy atom.